The fourth-order valence-electron chi connectivity index (χ4n) is 1.09. The zero-order chi connectivity index (χ0) is 9.14. The normalized spacial score (nSPS) is 12.1. The van der Waals surface area contributed by atoms with Crippen molar-refractivity contribution >= 4 is 5.71 Å². The molecule has 1 aromatic heterocycles. The van der Waals surface area contributed by atoms with Crippen LogP contribution in [0, 0.1) is 6.92 Å². The third kappa shape index (κ3) is 1.47. The van der Waals surface area contributed by atoms with Gasteiger partial charge in [0.05, 0.1) is 11.4 Å². The van der Waals surface area contributed by atoms with Crippen LogP contribution in [0.4, 0.5) is 0 Å². The molecular weight excluding hydrogens is 154 g/mol. The molecular formula is C8H13N3O. The van der Waals surface area contributed by atoms with Gasteiger partial charge in [-0.2, -0.15) is 5.10 Å². The summed E-state index contributed by atoms with van der Waals surface area (Å²) in [6.07, 6.45) is 1.88. The van der Waals surface area contributed by atoms with Crippen LogP contribution < -0.4 is 0 Å². The van der Waals surface area contributed by atoms with E-state index in [4.69, 9.17) is 5.21 Å². The van der Waals surface area contributed by atoms with Crippen molar-refractivity contribution in [2.75, 3.05) is 0 Å². The van der Waals surface area contributed by atoms with E-state index in [0.717, 1.165) is 17.8 Å². The van der Waals surface area contributed by atoms with Crippen molar-refractivity contribution in [2.45, 2.75) is 27.3 Å². The van der Waals surface area contributed by atoms with Crippen molar-refractivity contribution in [3.63, 3.8) is 0 Å². The van der Waals surface area contributed by atoms with Gasteiger partial charge in [-0.1, -0.05) is 5.16 Å². The first-order chi connectivity index (χ1) is 5.69. The lowest BCUT2D eigenvalue weighted by Crippen LogP contribution is -1.94. The Morgan fingerprint density at radius 2 is 2.42 bits per heavy atom. The minimum atomic E-state index is 0.604. The number of rotatable bonds is 2. The van der Waals surface area contributed by atoms with Crippen molar-refractivity contribution in [3.8, 4) is 0 Å². The summed E-state index contributed by atoms with van der Waals surface area (Å²) in [5.74, 6) is 0. The van der Waals surface area contributed by atoms with Crippen LogP contribution in [0.15, 0.2) is 11.4 Å². The topological polar surface area (TPSA) is 50.4 Å². The number of hydrogen-bond donors (Lipinski definition) is 1. The summed E-state index contributed by atoms with van der Waals surface area (Å²) in [7, 11) is 0. The third-order valence-electron chi connectivity index (χ3n) is 1.81. The first-order valence-electron chi connectivity index (χ1n) is 3.92. The molecule has 1 N–H and O–H groups in total. The molecule has 0 aliphatic carbocycles. The van der Waals surface area contributed by atoms with Gasteiger partial charge in [0.2, 0.25) is 0 Å². The Morgan fingerprint density at radius 3 is 2.83 bits per heavy atom. The summed E-state index contributed by atoms with van der Waals surface area (Å²) in [6, 6.07) is 0. The summed E-state index contributed by atoms with van der Waals surface area (Å²) < 4.78 is 1.82. The number of aryl methyl sites for hydroxylation is 2. The Hall–Kier alpha value is -1.32. The molecule has 0 unspecified atom stereocenters. The Balaban J connectivity index is 3.08. The average Bonchev–Trinajstić information content (AvgIpc) is 2.45. The molecule has 4 nitrogen and oxygen atoms in total. The SMILES string of the molecule is CCn1cc(C(C)=NO)c(C)n1. The summed E-state index contributed by atoms with van der Waals surface area (Å²) in [5, 5.41) is 15.9. The van der Waals surface area contributed by atoms with E-state index >= 15 is 0 Å². The zero-order valence-electron chi connectivity index (χ0n) is 7.57. The fraction of sp³-hybridized carbons (Fsp3) is 0.500. The standard InChI is InChI=1S/C8H13N3O/c1-4-11-5-8(6(2)9-11)7(3)10-12/h5,12H,4H2,1-3H3. The molecule has 0 spiro atoms. The largest absolute Gasteiger partial charge is 0.411 e. The van der Waals surface area contributed by atoms with Crippen LogP contribution >= 0.6 is 0 Å². The molecule has 0 amide bonds. The second-order valence-electron chi connectivity index (χ2n) is 2.67. The van der Waals surface area contributed by atoms with Gasteiger partial charge in [-0.15, -0.1) is 0 Å². The highest BCUT2D eigenvalue weighted by atomic mass is 16.4. The van der Waals surface area contributed by atoms with Crippen LogP contribution in [0.25, 0.3) is 0 Å². The van der Waals surface area contributed by atoms with Gasteiger partial charge >= 0.3 is 0 Å². The fourth-order valence-corrected chi connectivity index (χ4v) is 1.09. The lowest BCUT2D eigenvalue weighted by molar-refractivity contribution is 0.319. The molecule has 0 bridgehead atoms. The predicted molar refractivity (Wildman–Crippen MR) is 46.6 cm³/mol. The maximum Gasteiger partial charge on any atom is 0.0871 e. The molecule has 0 aliphatic heterocycles. The zero-order valence-corrected chi connectivity index (χ0v) is 7.57. The molecule has 0 aliphatic rings. The molecule has 0 atom stereocenters. The minimum absolute atomic E-state index is 0.604. The van der Waals surface area contributed by atoms with Crippen molar-refractivity contribution < 1.29 is 5.21 Å². The van der Waals surface area contributed by atoms with E-state index in [0.29, 0.717) is 5.71 Å². The molecule has 66 valence electrons. The summed E-state index contributed by atoms with van der Waals surface area (Å²) in [4.78, 5) is 0. The van der Waals surface area contributed by atoms with E-state index in [1.165, 1.54) is 0 Å². The maximum absolute atomic E-state index is 8.55. The summed E-state index contributed by atoms with van der Waals surface area (Å²) >= 11 is 0. The Labute approximate surface area is 71.5 Å². The molecule has 1 heterocycles. The Morgan fingerprint density at radius 1 is 1.75 bits per heavy atom. The van der Waals surface area contributed by atoms with Crippen molar-refractivity contribution in [2.24, 2.45) is 5.16 Å². The van der Waals surface area contributed by atoms with Crippen LogP contribution in [0.3, 0.4) is 0 Å². The predicted octanol–water partition coefficient (Wildman–Crippen LogP) is 1.41. The van der Waals surface area contributed by atoms with Gasteiger partial charge in [0, 0.05) is 18.3 Å². The molecule has 0 saturated heterocycles. The smallest absolute Gasteiger partial charge is 0.0871 e. The summed E-state index contributed by atoms with van der Waals surface area (Å²) in [5.41, 5.74) is 2.40. The number of aromatic nitrogens is 2. The highest BCUT2D eigenvalue weighted by Crippen LogP contribution is 2.06. The molecule has 0 saturated carbocycles. The first kappa shape index (κ1) is 8.77. The van der Waals surface area contributed by atoms with Crippen molar-refractivity contribution in [3.05, 3.63) is 17.5 Å². The summed E-state index contributed by atoms with van der Waals surface area (Å²) in [6.45, 7) is 6.50. The van der Waals surface area contributed by atoms with E-state index in [2.05, 4.69) is 10.3 Å². The second-order valence-corrected chi connectivity index (χ2v) is 2.67. The van der Waals surface area contributed by atoms with Gasteiger partial charge in [-0.05, 0) is 20.8 Å². The molecule has 12 heavy (non-hydrogen) atoms. The molecule has 0 fully saturated rings. The quantitative estimate of drug-likeness (QED) is 0.411. The lowest BCUT2D eigenvalue weighted by atomic mass is 10.2. The van der Waals surface area contributed by atoms with E-state index in [-0.39, 0.29) is 0 Å². The van der Waals surface area contributed by atoms with Gasteiger partial charge in [0.25, 0.3) is 0 Å². The van der Waals surface area contributed by atoms with Crippen molar-refractivity contribution in [1.29, 1.82) is 0 Å². The van der Waals surface area contributed by atoms with Crippen LogP contribution in [0.5, 0.6) is 0 Å². The van der Waals surface area contributed by atoms with Crippen LogP contribution in [-0.2, 0) is 6.54 Å². The first-order valence-corrected chi connectivity index (χ1v) is 3.92. The molecule has 1 aromatic rings. The monoisotopic (exact) mass is 167 g/mol. The van der Waals surface area contributed by atoms with Gasteiger partial charge in [-0.3, -0.25) is 4.68 Å². The Bertz CT molecular complexity index is 301. The highest BCUT2D eigenvalue weighted by Gasteiger charge is 2.06. The van der Waals surface area contributed by atoms with Gasteiger partial charge < -0.3 is 5.21 Å². The van der Waals surface area contributed by atoms with E-state index in [1.807, 2.05) is 24.7 Å². The van der Waals surface area contributed by atoms with Crippen LogP contribution in [0.1, 0.15) is 25.1 Å². The number of oxime groups is 1. The van der Waals surface area contributed by atoms with E-state index in [9.17, 15) is 0 Å². The van der Waals surface area contributed by atoms with E-state index < -0.39 is 0 Å². The van der Waals surface area contributed by atoms with E-state index in [1.54, 1.807) is 6.92 Å². The van der Waals surface area contributed by atoms with Crippen molar-refractivity contribution in [1.82, 2.24) is 9.78 Å². The van der Waals surface area contributed by atoms with Gasteiger partial charge in [0.1, 0.15) is 0 Å². The van der Waals surface area contributed by atoms with Crippen LogP contribution in [-0.4, -0.2) is 20.7 Å². The second kappa shape index (κ2) is 3.38. The highest BCUT2D eigenvalue weighted by molar-refractivity contribution is 5.98. The van der Waals surface area contributed by atoms with Gasteiger partial charge in [-0.25, -0.2) is 0 Å². The molecule has 0 aromatic carbocycles. The maximum atomic E-state index is 8.55. The average molecular weight is 167 g/mol. The number of hydrogen-bond acceptors (Lipinski definition) is 3. The van der Waals surface area contributed by atoms with Gasteiger partial charge in [0.15, 0.2) is 0 Å². The third-order valence-corrected chi connectivity index (χ3v) is 1.81. The number of nitrogens with zero attached hydrogens (tertiary/aromatic N) is 3. The molecule has 1 rings (SSSR count). The molecule has 0 radical (unpaired) electrons. The molecule has 4 heteroatoms. The minimum Gasteiger partial charge on any atom is -0.411 e. The van der Waals surface area contributed by atoms with Crippen LogP contribution in [0.2, 0.25) is 0 Å². The lowest BCUT2D eigenvalue weighted by Gasteiger charge is -1.91. The Kier molecular flexibility index (Phi) is 2.47.